The zero-order valence-electron chi connectivity index (χ0n) is 11.6. The van der Waals surface area contributed by atoms with E-state index in [4.69, 9.17) is 0 Å². The highest BCUT2D eigenvalue weighted by atomic mass is 16.2. The van der Waals surface area contributed by atoms with Crippen LogP contribution in [0.1, 0.15) is 12.0 Å². The average molecular weight is 259 g/mol. The van der Waals surface area contributed by atoms with Crippen molar-refractivity contribution in [3.63, 3.8) is 0 Å². The Bertz CT molecular complexity index is 547. The molecule has 2 rings (SSSR count). The molecule has 4 heteroatoms. The molecular weight excluding hydrogens is 238 g/mol. The van der Waals surface area contributed by atoms with Gasteiger partial charge in [-0.3, -0.25) is 4.79 Å². The lowest BCUT2D eigenvalue weighted by atomic mass is 10.1. The number of nitrogens with one attached hydrogen (secondary N) is 2. The standard InChI is InChI=1S/C15H21N3O/c1-16-8-5-9-18(2)15(19)10-12-11-17-14-7-4-3-6-13(12)14/h3-4,6-7,11,16-17H,5,8-10H2,1-2H3. The molecule has 19 heavy (non-hydrogen) atoms. The second-order valence-corrected chi connectivity index (χ2v) is 4.81. The number of amides is 1. The smallest absolute Gasteiger partial charge is 0.226 e. The van der Waals surface area contributed by atoms with E-state index < -0.39 is 0 Å². The number of carbonyl (C=O) groups is 1. The van der Waals surface area contributed by atoms with Crippen LogP contribution in [0.25, 0.3) is 10.9 Å². The van der Waals surface area contributed by atoms with Gasteiger partial charge in [0.2, 0.25) is 5.91 Å². The van der Waals surface area contributed by atoms with Gasteiger partial charge in [0.05, 0.1) is 6.42 Å². The van der Waals surface area contributed by atoms with Gasteiger partial charge >= 0.3 is 0 Å². The number of para-hydroxylation sites is 1. The maximum atomic E-state index is 12.1. The third-order valence-electron chi connectivity index (χ3n) is 3.36. The number of hydrogen-bond donors (Lipinski definition) is 2. The lowest BCUT2D eigenvalue weighted by Gasteiger charge is -2.16. The highest BCUT2D eigenvalue weighted by Crippen LogP contribution is 2.18. The lowest BCUT2D eigenvalue weighted by Crippen LogP contribution is -2.30. The molecule has 1 amide bonds. The van der Waals surface area contributed by atoms with Crippen LogP contribution < -0.4 is 5.32 Å². The Hall–Kier alpha value is -1.81. The first-order valence-electron chi connectivity index (χ1n) is 6.66. The van der Waals surface area contributed by atoms with Gasteiger partial charge in [-0.15, -0.1) is 0 Å². The minimum Gasteiger partial charge on any atom is -0.361 e. The summed E-state index contributed by atoms with van der Waals surface area (Å²) in [5.41, 5.74) is 2.16. The molecule has 0 saturated carbocycles. The van der Waals surface area contributed by atoms with E-state index in [1.54, 1.807) is 4.90 Å². The maximum absolute atomic E-state index is 12.1. The van der Waals surface area contributed by atoms with E-state index in [0.29, 0.717) is 6.42 Å². The first-order chi connectivity index (χ1) is 9.22. The third-order valence-corrected chi connectivity index (χ3v) is 3.36. The summed E-state index contributed by atoms with van der Waals surface area (Å²) in [6.07, 6.45) is 3.37. The molecule has 0 fully saturated rings. The molecule has 4 nitrogen and oxygen atoms in total. The van der Waals surface area contributed by atoms with Gasteiger partial charge in [-0.1, -0.05) is 18.2 Å². The molecule has 1 heterocycles. The Balaban J connectivity index is 1.98. The molecule has 0 spiro atoms. The van der Waals surface area contributed by atoms with E-state index in [1.165, 1.54) is 0 Å². The van der Waals surface area contributed by atoms with E-state index in [2.05, 4.69) is 16.4 Å². The number of fused-ring (bicyclic) bond motifs is 1. The second kappa shape index (κ2) is 6.38. The fraction of sp³-hybridized carbons (Fsp3) is 0.400. The van der Waals surface area contributed by atoms with Gasteiger partial charge in [0.1, 0.15) is 0 Å². The summed E-state index contributed by atoms with van der Waals surface area (Å²) in [6.45, 7) is 1.73. The number of benzene rings is 1. The number of rotatable bonds is 6. The predicted octanol–water partition coefficient (Wildman–Crippen LogP) is 1.78. The zero-order valence-corrected chi connectivity index (χ0v) is 11.6. The van der Waals surface area contributed by atoms with Crippen LogP contribution in [-0.2, 0) is 11.2 Å². The van der Waals surface area contributed by atoms with Gasteiger partial charge < -0.3 is 15.2 Å². The third kappa shape index (κ3) is 3.35. The monoisotopic (exact) mass is 259 g/mol. The molecule has 0 saturated heterocycles. The van der Waals surface area contributed by atoms with Crippen molar-refractivity contribution in [2.24, 2.45) is 0 Å². The summed E-state index contributed by atoms with van der Waals surface area (Å²) < 4.78 is 0. The van der Waals surface area contributed by atoms with Crippen LogP contribution in [0.15, 0.2) is 30.5 Å². The average Bonchev–Trinajstić information content (AvgIpc) is 2.82. The van der Waals surface area contributed by atoms with Crippen molar-refractivity contribution in [2.45, 2.75) is 12.8 Å². The van der Waals surface area contributed by atoms with Crippen molar-refractivity contribution in [2.75, 3.05) is 27.2 Å². The van der Waals surface area contributed by atoms with Crippen LogP contribution in [0.3, 0.4) is 0 Å². The van der Waals surface area contributed by atoms with Crippen molar-refractivity contribution < 1.29 is 4.79 Å². The second-order valence-electron chi connectivity index (χ2n) is 4.81. The molecule has 2 N–H and O–H groups in total. The normalized spacial score (nSPS) is 10.8. The van der Waals surface area contributed by atoms with Crippen LogP contribution in [0, 0.1) is 0 Å². The van der Waals surface area contributed by atoms with Crippen molar-refractivity contribution in [3.8, 4) is 0 Å². The van der Waals surface area contributed by atoms with Crippen LogP contribution in [-0.4, -0.2) is 43.0 Å². The molecule has 1 aromatic heterocycles. The number of H-pyrrole nitrogens is 1. The summed E-state index contributed by atoms with van der Waals surface area (Å²) in [6, 6.07) is 8.07. The Morgan fingerprint density at radius 2 is 2.16 bits per heavy atom. The van der Waals surface area contributed by atoms with Crippen LogP contribution >= 0.6 is 0 Å². The number of aromatic amines is 1. The molecule has 0 aliphatic rings. The Morgan fingerprint density at radius 1 is 1.37 bits per heavy atom. The van der Waals surface area contributed by atoms with E-state index in [9.17, 15) is 4.79 Å². The van der Waals surface area contributed by atoms with E-state index in [1.807, 2.05) is 38.5 Å². The molecule has 0 bridgehead atoms. The first-order valence-corrected chi connectivity index (χ1v) is 6.66. The summed E-state index contributed by atoms with van der Waals surface area (Å²) in [5, 5.41) is 4.23. The van der Waals surface area contributed by atoms with Crippen LogP contribution in [0.2, 0.25) is 0 Å². The minimum absolute atomic E-state index is 0.167. The number of likely N-dealkylation sites (N-methyl/N-ethyl adjacent to an activating group) is 1. The van der Waals surface area contributed by atoms with Crippen LogP contribution in [0.4, 0.5) is 0 Å². The highest BCUT2D eigenvalue weighted by molar-refractivity contribution is 5.88. The van der Waals surface area contributed by atoms with Gasteiger partial charge in [0, 0.05) is 30.7 Å². The van der Waals surface area contributed by atoms with Crippen LogP contribution in [0.5, 0.6) is 0 Å². The van der Waals surface area contributed by atoms with Gasteiger partial charge in [0.15, 0.2) is 0 Å². The van der Waals surface area contributed by atoms with Crippen molar-refractivity contribution in [3.05, 3.63) is 36.0 Å². The fourth-order valence-electron chi connectivity index (χ4n) is 2.19. The SMILES string of the molecule is CNCCCN(C)C(=O)Cc1c[nH]c2ccccc12. The molecular formula is C15H21N3O. The topological polar surface area (TPSA) is 48.1 Å². The molecule has 0 aliphatic heterocycles. The van der Waals surface area contributed by atoms with Gasteiger partial charge in [-0.05, 0) is 31.6 Å². The lowest BCUT2D eigenvalue weighted by molar-refractivity contribution is -0.129. The number of nitrogens with zero attached hydrogens (tertiary/aromatic N) is 1. The Morgan fingerprint density at radius 3 is 2.95 bits per heavy atom. The summed E-state index contributed by atoms with van der Waals surface area (Å²) in [5.74, 6) is 0.167. The number of carbonyl (C=O) groups excluding carboxylic acids is 1. The number of hydrogen-bond acceptors (Lipinski definition) is 2. The minimum atomic E-state index is 0.167. The van der Waals surface area contributed by atoms with Gasteiger partial charge in [-0.25, -0.2) is 0 Å². The predicted molar refractivity (Wildman–Crippen MR) is 78.2 cm³/mol. The molecule has 1 aromatic carbocycles. The molecule has 0 atom stereocenters. The molecule has 102 valence electrons. The van der Waals surface area contributed by atoms with Gasteiger partial charge in [-0.2, -0.15) is 0 Å². The quantitative estimate of drug-likeness (QED) is 0.777. The number of aromatic nitrogens is 1. The van der Waals surface area contributed by atoms with E-state index in [0.717, 1.165) is 36.0 Å². The Kier molecular flexibility index (Phi) is 4.58. The van der Waals surface area contributed by atoms with Crippen molar-refractivity contribution in [1.82, 2.24) is 15.2 Å². The fourth-order valence-corrected chi connectivity index (χ4v) is 2.19. The Labute approximate surface area is 113 Å². The molecule has 0 unspecified atom stereocenters. The molecule has 2 aromatic rings. The summed E-state index contributed by atoms with van der Waals surface area (Å²) >= 11 is 0. The maximum Gasteiger partial charge on any atom is 0.226 e. The summed E-state index contributed by atoms with van der Waals surface area (Å²) in [7, 11) is 3.79. The molecule has 0 radical (unpaired) electrons. The molecule has 0 aliphatic carbocycles. The summed E-state index contributed by atoms with van der Waals surface area (Å²) in [4.78, 5) is 17.1. The van der Waals surface area contributed by atoms with Crippen molar-refractivity contribution in [1.29, 1.82) is 0 Å². The van der Waals surface area contributed by atoms with E-state index in [-0.39, 0.29) is 5.91 Å². The zero-order chi connectivity index (χ0) is 13.7. The highest BCUT2D eigenvalue weighted by Gasteiger charge is 2.12. The first kappa shape index (κ1) is 13.6. The van der Waals surface area contributed by atoms with Crippen molar-refractivity contribution >= 4 is 16.8 Å². The van der Waals surface area contributed by atoms with Gasteiger partial charge in [0.25, 0.3) is 0 Å². The van der Waals surface area contributed by atoms with E-state index >= 15 is 0 Å². The largest absolute Gasteiger partial charge is 0.361 e.